The van der Waals surface area contributed by atoms with Crippen molar-refractivity contribution >= 4 is 0 Å². The molecule has 0 saturated carbocycles. The fourth-order valence-electron chi connectivity index (χ4n) is 2.32. The van der Waals surface area contributed by atoms with Gasteiger partial charge in [0.25, 0.3) is 0 Å². The standard InChI is InChI=1S/C14H20N2/c1-11-7-6-10-16-14(11)13(15)12-8-4-2-3-5-9-12/h6-8,10,13H,2-5,9,15H2,1H3. The van der Waals surface area contributed by atoms with Crippen LogP contribution in [0.4, 0.5) is 0 Å². The van der Waals surface area contributed by atoms with E-state index >= 15 is 0 Å². The molecule has 2 N–H and O–H groups in total. The highest BCUT2D eigenvalue weighted by atomic mass is 14.8. The van der Waals surface area contributed by atoms with Crippen LogP contribution in [0.5, 0.6) is 0 Å². The number of rotatable bonds is 2. The van der Waals surface area contributed by atoms with Crippen LogP contribution in [0.1, 0.15) is 49.4 Å². The minimum atomic E-state index is -0.000648. The Balaban J connectivity index is 2.21. The maximum atomic E-state index is 6.31. The first-order chi connectivity index (χ1) is 7.79. The van der Waals surface area contributed by atoms with Crippen molar-refractivity contribution in [2.24, 2.45) is 5.73 Å². The van der Waals surface area contributed by atoms with Gasteiger partial charge in [-0.1, -0.05) is 24.1 Å². The van der Waals surface area contributed by atoms with Crippen molar-refractivity contribution in [1.29, 1.82) is 0 Å². The Bertz CT molecular complexity index is 382. The van der Waals surface area contributed by atoms with Gasteiger partial charge in [0.05, 0.1) is 11.7 Å². The predicted octanol–water partition coefficient (Wildman–Crippen LogP) is 3.28. The lowest BCUT2D eigenvalue weighted by Crippen LogP contribution is -2.16. The van der Waals surface area contributed by atoms with E-state index in [1.165, 1.54) is 36.8 Å². The lowest BCUT2D eigenvalue weighted by atomic mass is 9.97. The maximum Gasteiger partial charge on any atom is 0.0688 e. The molecule has 0 fully saturated rings. The van der Waals surface area contributed by atoms with E-state index in [9.17, 15) is 0 Å². The van der Waals surface area contributed by atoms with Crippen molar-refractivity contribution in [3.63, 3.8) is 0 Å². The van der Waals surface area contributed by atoms with Crippen LogP contribution in [-0.4, -0.2) is 4.98 Å². The van der Waals surface area contributed by atoms with Crippen molar-refractivity contribution in [2.75, 3.05) is 0 Å². The minimum absolute atomic E-state index is 0.000648. The van der Waals surface area contributed by atoms with Crippen LogP contribution in [0.25, 0.3) is 0 Å². The van der Waals surface area contributed by atoms with Crippen molar-refractivity contribution in [1.82, 2.24) is 4.98 Å². The molecule has 2 heteroatoms. The van der Waals surface area contributed by atoms with Crippen LogP contribution in [0, 0.1) is 6.92 Å². The first-order valence-corrected chi connectivity index (χ1v) is 6.15. The summed E-state index contributed by atoms with van der Waals surface area (Å²) in [5, 5.41) is 0. The van der Waals surface area contributed by atoms with Crippen LogP contribution in [-0.2, 0) is 0 Å². The summed E-state index contributed by atoms with van der Waals surface area (Å²) in [5.74, 6) is 0. The molecule has 1 aromatic rings. The van der Waals surface area contributed by atoms with Crippen molar-refractivity contribution < 1.29 is 0 Å². The molecule has 0 bridgehead atoms. The van der Waals surface area contributed by atoms with Gasteiger partial charge in [0, 0.05) is 6.20 Å². The molecule has 2 nitrogen and oxygen atoms in total. The molecule has 1 aliphatic rings. The SMILES string of the molecule is Cc1cccnc1C(N)C1=CCCCCC1. The molecule has 1 unspecified atom stereocenters. The molecule has 2 rings (SSSR count). The number of hydrogen-bond donors (Lipinski definition) is 1. The van der Waals surface area contributed by atoms with Crippen molar-refractivity contribution in [3.8, 4) is 0 Å². The molecule has 0 amide bonds. The van der Waals surface area contributed by atoms with Gasteiger partial charge in [0.15, 0.2) is 0 Å². The highest BCUT2D eigenvalue weighted by Crippen LogP contribution is 2.27. The second-order valence-corrected chi connectivity index (χ2v) is 4.56. The summed E-state index contributed by atoms with van der Waals surface area (Å²) in [6.07, 6.45) is 10.4. The highest BCUT2D eigenvalue weighted by Gasteiger charge is 2.15. The first kappa shape index (κ1) is 11.3. The van der Waals surface area contributed by atoms with Gasteiger partial charge in [-0.2, -0.15) is 0 Å². The van der Waals surface area contributed by atoms with E-state index in [0.717, 1.165) is 12.1 Å². The molecular weight excluding hydrogens is 196 g/mol. The molecule has 1 atom stereocenters. The molecular formula is C14H20N2. The summed E-state index contributed by atoms with van der Waals surface area (Å²) < 4.78 is 0. The fraction of sp³-hybridized carbons (Fsp3) is 0.500. The summed E-state index contributed by atoms with van der Waals surface area (Å²) in [4.78, 5) is 4.42. The summed E-state index contributed by atoms with van der Waals surface area (Å²) >= 11 is 0. The third kappa shape index (κ3) is 2.50. The van der Waals surface area contributed by atoms with Crippen LogP contribution in [0.3, 0.4) is 0 Å². The number of hydrogen-bond acceptors (Lipinski definition) is 2. The Kier molecular flexibility index (Phi) is 3.73. The van der Waals surface area contributed by atoms with Crippen LogP contribution < -0.4 is 5.73 Å². The number of aryl methyl sites for hydroxylation is 1. The van der Waals surface area contributed by atoms with Crippen molar-refractivity contribution in [2.45, 2.75) is 45.1 Å². The van der Waals surface area contributed by atoms with Gasteiger partial charge < -0.3 is 5.73 Å². The van der Waals surface area contributed by atoms with E-state index in [4.69, 9.17) is 5.73 Å². The van der Waals surface area contributed by atoms with E-state index in [1.54, 1.807) is 0 Å². The van der Waals surface area contributed by atoms with Crippen LogP contribution >= 0.6 is 0 Å². The largest absolute Gasteiger partial charge is 0.319 e. The zero-order valence-electron chi connectivity index (χ0n) is 9.95. The average molecular weight is 216 g/mol. The van der Waals surface area contributed by atoms with Gasteiger partial charge in [-0.25, -0.2) is 0 Å². The number of aromatic nitrogens is 1. The fourth-order valence-corrected chi connectivity index (χ4v) is 2.32. The van der Waals surface area contributed by atoms with Crippen LogP contribution in [0.15, 0.2) is 30.0 Å². The Hall–Kier alpha value is -1.15. The Morgan fingerprint density at radius 1 is 1.31 bits per heavy atom. The summed E-state index contributed by atoms with van der Waals surface area (Å²) in [6.45, 7) is 2.08. The van der Waals surface area contributed by atoms with E-state index in [-0.39, 0.29) is 6.04 Å². The average Bonchev–Trinajstić information content (AvgIpc) is 2.57. The summed E-state index contributed by atoms with van der Waals surface area (Å²) in [7, 11) is 0. The Morgan fingerprint density at radius 2 is 2.19 bits per heavy atom. The summed E-state index contributed by atoms with van der Waals surface area (Å²) in [6, 6.07) is 4.05. The second-order valence-electron chi connectivity index (χ2n) is 4.56. The smallest absolute Gasteiger partial charge is 0.0688 e. The molecule has 0 aliphatic heterocycles. The number of pyridine rings is 1. The molecule has 0 spiro atoms. The Labute approximate surface area is 97.6 Å². The van der Waals surface area contributed by atoms with Gasteiger partial charge >= 0.3 is 0 Å². The third-order valence-electron chi connectivity index (χ3n) is 3.32. The maximum absolute atomic E-state index is 6.31. The zero-order chi connectivity index (χ0) is 11.4. The summed E-state index contributed by atoms with van der Waals surface area (Å²) in [5.41, 5.74) is 9.92. The minimum Gasteiger partial charge on any atom is -0.319 e. The van der Waals surface area contributed by atoms with Crippen molar-refractivity contribution in [3.05, 3.63) is 41.2 Å². The van der Waals surface area contributed by atoms with E-state index in [1.807, 2.05) is 12.3 Å². The number of nitrogens with zero attached hydrogens (tertiary/aromatic N) is 1. The van der Waals surface area contributed by atoms with Gasteiger partial charge in [0.1, 0.15) is 0 Å². The molecule has 1 aliphatic carbocycles. The molecule has 1 aromatic heterocycles. The molecule has 0 saturated heterocycles. The lowest BCUT2D eigenvalue weighted by Gasteiger charge is -2.16. The second kappa shape index (κ2) is 5.26. The van der Waals surface area contributed by atoms with Crippen LogP contribution in [0.2, 0.25) is 0 Å². The normalized spacial score (nSPS) is 18.8. The predicted molar refractivity (Wildman–Crippen MR) is 67.1 cm³/mol. The quantitative estimate of drug-likeness (QED) is 0.770. The molecule has 1 heterocycles. The zero-order valence-corrected chi connectivity index (χ0v) is 9.95. The molecule has 16 heavy (non-hydrogen) atoms. The van der Waals surface area contributed by atoms with E-state index in [0.29, 0.717) is 0 Å². The first-order valence-electron chi connectivity index (χ1n) is 6.15. The van der Waals surface area contributed by atoms with E-state index < -0.39 is 0 Å². The topological polar surface area (TPSA) is 38.9 Å². The van der Waals surface area contributed by atoms with Gasteiger partial charge in [-0.05, 0) is 44.2 Å². The third-order valence-corrected chi connectivity index (χ3v) is 3.32. The van der Waals surface area contributed by atoms with Gasteiger partial charge in [-0.3, -0.25) is 4.98 Å². The lowest BCUT2D eigenvalue weighted by molar-refractivity contribution is 0.680. The number of nitrogens with two attached hydrogens (primary N) is 1. The van der Waals surface area contributed by atoms with Gasteiger partial charge in [-0.15, -0.1) is 0 Å². The molecule has 0 aromatic carbocycles. The van der Waals surface area contributed by atoms with E-state index in [2.05, 4.69) is 24.1 Å². The number of allylic oxidation sites excluding steroid dienone is 1. The van der Waals surface area contributed by atoms with Gasteiger partial charge in [0.2, 0.25) is 0 Å². The molecule has 0 radical (unpaired) electrons. The monoisotopic (exact) mass is 216 g/mol. The molecule has 86 valence electrons. The Morgan fingerprint density at radius 3 is 3.00 bits per heavy atom. The highest BCUT2D eigenvalue weighted by molar-refractivity contribution is 5.28.